The molecule has 1 aliphatic rings. The molecule has 126 valence electrons. The molecule has 1 unspecified atom stereocenters. The smallest absolute Gasteiger partial charge is 0.253 e. The Kier molecular flexibility index (Phi) is 4.88. The molecular weight excluding hydrogens is 310 g/mol. The van der Waals surface area contributed by atoms with E-state index < -0.39 is 6.04 Å². The molecule has 1 saturated heterocycles. The summed E-state index contributed by atoms with van der Waals surface area (Å²) in [5, 5.41) is 2.77. The van der Waals surface area contributed by atoms with Gasteiger partial charge < -0.3 is 25.7 Å². The second kappa shape index (κ2) is 7.24. The summed E-state index contributed by atoms with van der Waals surface area (Å²) < 4.78 is 5.11. The van der Waals surface area contributed by atoms with Gasteiger partial charge in [-0.15, -0.1) is 0 Å². The minimum atomic E-state index is -0.675. The molecule has 4 N–H and O–H groups in total. The van der Waals surface area contributed by atoms with Crippen molar-refractivity contribution in [3.05, 3.63) is 42.5 Å². The summed E-state index contributed by atoms with van der Waals surface area (Å²) in [7, 11) is 0. The zero-order chi connectivity index (χ0) is 16.9. The van der Waals surface area contributed by atoms with E-state index in [0.29, 0.717) is 25.3 Å². The van der Waals surface area contributed by atoms with Gasteiger partial charge in [-0.3, -0.25) is 9.59 Å². The van der Waals surface area contributed by atoms with Crippen molar-refractivity contribution < 1.29 is 14.3 Å². The van der Waals surface area contributed by atoms with Crippen molar-refractivity contribution in [1.29, 1.82) is 0 Å². The number of carbonyl (C=O) groups is 2. The Hall–Kier alpha value is -2.71. The average molecular weight is 329 g/mol. The second-order valence-electron chi connectivity index (χ2n) is 5.52. The molecule has 1 fully saturated rings. The van der Waals surface area contributed by atoms with Gasteiger partial charge in [0.1, 0.15) is 6.61 Å². The Morgan fingerprint density at radius 1 is 1.42 bits per heavy atom. The third-order valence-corrected chi connectivity index (χ3v) is 3.76. The Morgan fingerprint density at radius 2 is 2.21 bits per heavy atom. The van der Waals surface area contributed by atoms with Gasteiger partial charge in [0.15, 0.2) is 0 Å². The van der Waals surface area contributed by atoms with Crippen molar-refractivity contribution in [3.8, 4) is 0 Å². The fourth-order valence-corrected chi connectivity index (χ4v) is 2.48. The standard InChI is InChI=1S/C16H19N5O3/c17-14(7-12-8-18-10-19-12)16(23)20-11-1-3-13(4-2-11)21-5-6-24-9-15(21)22/h1-4,8,10,14H,5-7,9,17H2,(H,18,19)(H,20,23). The van der Waals surface area contributed by atoms with Crippen LogP contribution in [0.25, 0.3) is 0 Å². The molecule has 0 bridgehead atoms. The average Bonchev–Trinajstić information content (AvgIpc) is 3.09. The number of carbonyl (C=O) groups excluding carboxylic acids is 2. The molecule has 1 aromatic carbocycles. The molecule has 2 heterocycles. The lowest BCUT2D eigenvalue weighted by atomic mass is 10.1. The molecule has 8 heteroatoms. The third-order valence-electron chi connectivity index (χ3n) is 3.76. The van der Waals surface area contributed by atoms with E-state index in [2.05, 4.69) is 15.3 Å². The number of hydrogen-bond donors (Lipinski definition) is 3. The van der Waals surface area contributed by atoms with Crippen LogP contribution in [0.15, 0.2) is 36.8 Å². The summed E-state index contributed by atoms with van der Waals surface area (Å²) in [4.78, 5) is 32.4. The fraction of sp³-hybridized carbons (Fsp3) is 0.312. The van der Waals surface area contributed by atoms with E-state index in [9.17, 15) is 9.59 Å². The van der Waals surface area contributed by atoms with Crippen LogP contribution in [0, 0.1) is 0 Å². The van der Waals surface area contributed by atoms with Gasteiger partial charge in [0.2, 0.25) is 5.91 Å². The molecule has 0 spiro atoms. The highest BCUT2D eigenvalue weighted by Gasteiger charge is 2.20. The number of H-pyrrole nitrogens is 1. The summed E-state index contributed by atoms with van der Waals surface area (Å²) in [6, 6.07) is 6.40. The van der Waals surface area contributed by atoms with Gasteiger partial charge in [-0.25, -0.2) is 4.98 Å². The van der Waals surface area contributed by atoms with Crippen LogP contribution in [0.3, 0.4) is 0 Å². The first-order valence-corrected chi connectivity index (χ1v) is 7.65. The number of benzene rings is 1. The first-order valence-electron chi connectivity index (χ1n) is 7.65. The molecule has 0 saturated carbocycles. The zero-order valence-electron chi connectivity index (χ0n) is 13.1. The number of nitrogens with zero attached hydrogens (tertiary/aromatic N) is 2. The summed E-state index contributed by atoms with van der Waals surface area (Å²) >= 11 is 0. The van der Waals surface area contributed by atoms with Crippen molar-refractivity contribution in [1.82, 2.24) is 9.97 Å². The number of ether oxygens (including phenoxy) is 1. The summed E-state index contributed by atoms with van der Waals surface area (Å²) in [6.07, 6.45) is 3.57. The first kappa shape index (κ1) is 16.2. The summed E-state index contributed by atoms with van der Waals surface area (Å²) in [6.45, 7) is 1.15. The summed E-state index contributed by atoms with van der Waals surface area (Å²) in [5.74, 6) is -0.348. The highest BCUT2D eigenvalue weighted by atomic mass is 16.5. The highest BCUT2D eigenvalue weighted by molar-refractivity contribution is 5.96. The van der Waals surface area contributed by atoms with Gasteiger partial charge in [-0.05, 0) is 24.3 Å². The number of aromatic amines is 1. The molecule has 2 aromatic rings. The Bertz CT molecular complexity index is 699. The monoisotopic (exact) mass is 329 g/mol. The molecule has 3 rings (SSSR count). The maximum absolute atomic E-state index is 12.1. The molecule has 8 nitrogen and oxygen atoms in total. The van der Waals surface area contributed by atoms with Crippen LogP contribution in [0.5, 0.6) is 0 Å². The normalized spacial score (nSPS) is 16.0. The highest BCUT2D eigenvalue weighted by Crippen LogP contribution is 2.19. The molecule has 0 radical (unpaired) electrons. The van der Waals surface area contributed by atoms with Crippen molar-refractivity contribution in [2.75, 3.05) is 30.0 Å². The number of anilines is 2. The molecule has 1 aliphatic heterocycles. The van der Waals surface area contributed by atoms with Gasteiger partial charge in [-0.2, -0.15) is 0 Å². The largest absolute Gasteiger partial charge is 0.370 e. The number of aromatic nitrogens is 2. The number of nitrogens with two attached hydrogens (primary N) is 1. The maximum Gasteiger partial charge on any atom is 0.253 e. The van der Waals surface area contributed by atoms with Gasteiger partial charge >= 0.3 is 0 Å². The van der Waals surface area contributed by atoms with Gasteiger partial charge in [-0.1, -0.05) is 0 Å². The van der Waals surface area contributed by atoms with E-state index in [1.165, 1.54) is 0 Å². The van der Waals surface area contributed by atoms with Crippen molar-refractivity contribution in [2.24, 2.45) is 5.73 Å². The topological polar surface area (TPSA) is 113 Å². The van der Waals surface area contributed by atoms with Crippen molar-refractivity contribution in [3.63, 3.8) is 0 Å². The van der Waals surface area contributed by atoms with E-state index in [4.69, 9.17) is 10.5 Å². The molecule has 1 aromatic heterocycles. The number of rotatable bonds is 5. The second-order valence-corrected chi connectivity index (χ2v) is 5.52. The maximum atomic E-state index is 12.1. The minimum absolute atomic E-state index is 0.0698. The lowest BCUT2D eigenvalue weighted by Crippen LogP contribution is -2.41. The van der Waals surface area contributed by atoms with Crippen molar-refractivity contribution >= 4 is 23.2 Å². The molecular formula is C16H19N5O3. The predicted molar refractivity (Wildman–Crippen MR) is 88.5 cm³/mol. The van der Waals surface area contributed by atoms with E-state index in [1.54, 1.807) is 41.7 Å². The van der Waals surface area contributed by atoms with Crippen LogP contribution < -0.4 is 16.0 Å². The van der Waals surface area contributed by atoms with Crippen LogP contribution in [0.4, 0.5) is 11.4 Å². The number of nitrogens with one attached hydrogen (secondary N) is 2. The number of hydrogen-bond acceptors (Lipinski definition) is 5. The van der Waals surface area contributed by atoms with E-state index in [-0.39, 0.29) is 18.4 Å². The quantitative estimate of drug-likeness (QED) is 0.729. The Labute approximate surface area is 139 Å². The first-order chi connectivity index (χ1) is 11.6. The van der Waals surface area contributed by atoms with Gasteiger partial charge in [0, 0.05) is 36.2 Å². The Balaban J connectivity index is 1.59. The molecule has 0 aliphatic carbocycles. The molecule has 24 heavy (non-hydrogen) atoms. The van der Waals surface area contributed by atoms with Crippen molar-refractivity contribution in [2.45, 2.75) is 12.5 Å². The van der Waals surface area contributed by atoms with Crippen LogP contribution in [-0.2, 0) is 20.7 Å². The number of amides is 2. The minimum Gasteiger partial charge on any atom is -0.370 e. The lowest BCUT2D eigenvalue weighted by Gasteiger charge is -2.27. The van der Waals surface area contributed by atoms with Crippen LogP contribution >= 0.6 is 0 Å². The zero-order valence-corrected chi connectivity index (χ0v) is 13.1. The van der Waals surface area contributed by atoms with E-state index in [1.807, 2.05) is 0 Å². The van der Waals surface area contributed by atoms with Gasteiger partial charge in [0.25, 0.3) is 5.91 Å². The van der Waals surface area contributed by atoms with Crippen LogP contribution in [-0.4, -0.2) is 47.6 Å². The SMILES string of the molecule is NC(Cc1cnc[nH]1)C(=O)Nc1ccc(N2CCOCC2=O)cc1. The number of morpholine rings is 1. The van der Waals surface area contributed by atoms with E-state index in [0.717, 1.165) is 11.4 Å². The van der Waals surface area contributed by atoms with Crippen LogP contribution in [0.2, 0.25) is 0 Å². The predicted octanol–water partition coefficient (Wildman–Crippen LogP) is 0.281. The Morgan fingerprint density at radius 3 is 2.88 bits per heavy atom. The molecule has 1 atom stereocenters. The fourth-order valence-electron chi connectivity index (χ4n) is 2.48. The van der Waals surface area contributed by atoms with Gasteiger partial charge in [0.05, 0.1) is 19.0 Å². The molecule has 2 amide bonds. The third kappa shape index (κ3) is 3.79. The number of imidazole rings is 1. The lowest BCUT2D eigenvalue weighted by molar-refractivity contribution is -0.125. The van der Waals surface area contributed by atoms with Crippen LogP contribution in [0.1, 0.15) is 5.69 Å². The summed E-state index contributed by atoms with van der Waals surface area (Å²) in [5.41, 5.74) is 8.11. The van der Waals surface area contributed by atoms with E-state index >= 15 is 0 Å².